The number of primary amides is 1. The first kappa shape index (κ1) is 73.2. The van der Waals surface area contributed by atoms with Gasteiger partial charge in [0.2, 0.25) is 17.7 Å². The Kier molecular flexibility index (Phi) is 24.5. The Labute approximate surface area is 571 Å². The first-order valence-corrected chi connectivity index (χ1v) is 35.2. The number of nitrogens with two attached hydrogens (primary N) is 1. The summed E-state index contributed by atoms with van der Waals surface area (Å²) in [6.07, 6.45) is 2.89. The van der Waals surface area contributed by atoms with Gasteiger partial charge in [-0.25, -0.2) is 0 Å². The Morgan fingerprint density at radius 2 is 1.41 bits per heavy atom. The lowest BCUT2D eigenvalue weighted by atomic mass is 9.81. The molecule has 12 bridgehead atoms. The van der Waals surface area contributed by atoms with E-state index in [9.17, 15) is 48.3 Å². The van der Waals surface area contributed by atoms with Crippen molar-refractivity contribution in [2.45, 2.75) is 265 Å². The number of ketones is 3. The summed E-state index contributed by atoms with van der Waals surface area (Å²) < 4.78 is 77.2. The quantitative estimate of drug-likeness (QED) is 0.0400. The second-order valence-electron chi connectivity index (χ2n) is 28.6. The van der Waals surface area contributed by atoms with Gasteiger partial charge in [0, 0.05) is 95.3 Å². The van der Waals surface area contributed by atoms with Crippen LogP contribution in [0.2, 0.25) is 0 Å². The van der Waals surface area contributed by atoms with E-state index < -0.39 is 120 Å². The molecule has 0 aliphatic carbocycles. The predicted octanol–water partition coefficient (Wildman–Crippen LogP) is 3.92. The normalized spacial score (nSPS) is 34.7. The Bertz CT molecular complexity index is 3120. The van der Waals surface area contributed by atoms with Crippen LogP contribution in [0.3, 0.4) is 0 Å². The van der Waals surface area contributed by atoms with Gasteiger partial charge in [-0.1, -0.05) is 51.3 Å². The topological polar surface area (TPSA) is 338 Å². The minimum Gasteiger partial charge on any atom is -0.461 e. The molecule has 1 aromatic carbocycles. The fourth-order valence-electron chi connectivity index (χ4n) is 15.9. The lowest BCUT2D eigenvalue weighted by molar-refractivity contribution is -0.292. The number of hydrogen-bond acceptors (Lipinski definition) is 22. The van der Waals surface area contributed by atoms with Crippen molar-refractivity contribution in [1.82, 2.24) is 15.5 Å². The number of rotatable bonds is 28. The summed E-state index contributed by atoms with van der Waals surface area (Å²) in [4.78, 5) is 117. The van der Waals surface area contributed by atoms with E-state index in [0.29, 0.717) is 43.2 Å². The van der Waals surface area contributed by atoms with Crippen LogP contribution in [0.5, 0.6) is 0 Å². The van der Waals surface area contributed by atoms with E-state index in [4.69, 9.17) is 62.6 Å². The number of benzene rings is 1. The molecule has 11 heterocycles. The highest BCUT2D eigenvalue weighted by molar-refractivity contribution is 6.12. The molecule has 1 aromatic rings. The number of carbonyl (C=O) groups excluding carboxylic acids is 9. The maximum Gasteiger partial charge on any atom is 0.306 e. The molecule has 10 saturated heterocycles. The Balaban J connectivity index is 0.632. The van der Waals surface area contributed by atoms with E-state index in [2.05, 4.69) is 30.7 Å². The van der Waals surface area contributed by atoms with Crippen LogP contribution in [-0.4, -0.2) is 218 Å². The summed E-state index contributed by atoms with van der Waals surface area (Å²) in [6.45, 7) is 14.6. The largest absolute Gasteiger partial charge is 0.461 e. The van der Waals surface area contributed by atoms with Gasteiger partial charge in [-0.3, -0.25) is 48.1 Å². The molecule has 11 aliphatic heterocycles. The molecular formula is C72H98N4O22. The van der Waals surface area contributed by atoms with Crippen LogP contribution >= 0.6 is 0 Å². The summed E-state index contributed by atoms with van der Waals surface area (Å²) >= 11 is 0. The zero-order chi connectivity index (χ0) is 69.5. The van der Waals surface area contributed by atoms with Gasteiger partial charge >= 0.3 is 5.97 Å². The predicted molar refractivity (Wildman–Crippen MR) is 346 cm³/mol. The number of aliphatic hydroxyl groups is 1. The number of ether oxygens (including phenoxy) is 12. The SMILES string of the molecule is C=C1C[C@@H]2CC[C@@]34CC5O[C@H]6[C@@H](O3)[C@H]3OC(CC[C@@H]3O[C@H]6C5O4)CC(=O)C[C@@H]3[C@@H](OC)[C@@H](C[C@H](O)CCC(=O)OCc4ccc(CC(=O)[C@H](CC(N)=O)NC(=O)[C@H](C)CC(=O)[C@H](C)NC(=O)CCOCCOCCN5C(=O)C=CC5=O)cc4)O[C@H]3CC3O[C@@H](CCC1O2)C[C@@H](C)C3=C. The molecule has 538 valence electrons. The van der Waals surface area contributed by atoms with Crippen LogP contribution in [0.25, 0.3) is 0 Å². The van der Waals surface area contributed by atoms with Crippen LogP contribution in [0.1, 0.15) is 147 Å². The highest BCUT2D eigenvalue weighted by Crippen LogP contribution is 2.55. The van der Waals surface area contributed by atoms with Crippen molar-refractivity contribution in [3.63, 3.8) is 0 Å². The maximum atomic E-state index is 14.5. The Morgan fingerprint density at radius 3 is 2.16 bits per heavy atom. The third-order valence-corrected chi connectivity index (χ3v) is 21.3. The fraction of sp³-hybridized carbons (Fsp3) is 0.708. The van der Waals surface area contributed by atoms with E-state index in [0.717, 1.165) is 48.2 Å². The smallest absolute Gasteiger partial charge is 0.306 e. The van der Waals surface area contributed by atoms with Crippen molar-refractivity contribution < 1.29 is 105 Å². The number of nitrogens with zero attached hydrogens (tertiary/aromatic N) is 1. The van der Waals surface area contributed by atoms with E-state index >= 15 is 0 Å². The number of methoxy groups -OCH3 is 1. The molecule has 0 saturated carbocycles. The molecule has 11 aliphatic rings. The number of aliphatic hydroxyl groups excluding tert-OH is 1. The first-order valence-electron chi connectivity index (χ1n) is 35.2. The molecule has 5 amide bonds. The van der Waals surface area contributed by atoms with Gasteiger partial charge in [0.25, 0.3) is 11.8 Å². The average Bonchev–Trinajstić information content (AvgIpc) is 1.55. The Hall–Kier alpha value is -6.01. The second kappa shape index (κ2) is 32.8. The molecular weight excluding hydrogens is 1270 g/mol. The van der Waals surface area contributed by atoms with Gasteiger partial charge in [0.1, 0.15) is 42.9 Å². The zero-order valence-electron chi connectivity index (χ0n) is 56.7. The van der Waals surface area contributed by atoms with E-state index in [-0.39, 0.29) is 164 Å². The summed E-state index contributed by atoms with van der Waals surface area (Å²) in [6, 6.07) is 4.42. The number of hydrogen-bond donors (Lipinski definition) is 4. The van der Waals surface area contributed by atoms with Gasteiger partial charge in [0.05, 0.1) is 119 Å². The van der Waals surface area contributed by atoms with Gasteiger partial charge in [-0.05, 0) is 86.5 Å². The van der Waals surface area contributed by atoms with E-state index in [1.807, 2.05) is 0 Å². The number of amides is 5. The monoisotopic (exact) mass is 1370 g/mol. The molecule has 26 heteroatoms. The lowest BCUT2D eigenvalue weighted by Crippen LogP contribution is -2.61. The van der Waals surface area contributed by atoms with Crippen molar-refractivity contribution >= 4 is 52.9 Å². The molecule has 5 N–H and O–H groups in total. The van der Waals surface area contributed by atoms with E-state index in [1.165, 1.54) is 26.0 Å². The summed E-state index contributed by atoms with van der Waals surface area (Å²) in [7, 11) is 1.59. The highest BCUT2D eigenvalue weighted by atomic mass is 16.8. The minimum atomic E-state index is -1.29. The van der Waals surface area contributed by atoms with Crippen LogP contribution < -0.4 is 16.4 Å². The highest BCUT2D eigenvalue weighted by Gasteiger charge is 2.69. The van der Waals surface area contributed by atoms with Gasteiger partial charge in [0.15, 0.2) is 17.4 Å². The number of fused-ring (bicyclic) bond motifs is 6. The summed E-state index contributed by atoms with van der Waals surface area (Å²) in [5.74, 6) is -6.31. The summed E-state index contributed by atoms with van der Waals surface area (Å²) in [5.41, 5.74) is 8.68. The number of Topliss-reactive ketones (excluding diaryl/α,β-unsaturated/α-hetero) is 3. The van der Waals surface area contributed by atoms with Crippen molar-refractivity contribution in [3.8, 4) is 0 Å². The molecule has 98 heavy (non-hydrogen) atoms. The maximum absolute atomic E-state index is 14.5. The molecule has 0 radical (unpaired) electrons. The van der Waals surface area contributed by atoms with Crippen LogP contribution in [0, 0.1) is 17.8 Å². The number of carbonyl (C=O) groups is 9. The van der Waals surface area contributed by atoms with Crippen molar-refractivity contribution in [3.05, 3.63) is 71.8 Å². The zero-order valence-corrected chi connectivity index (χ0v) is 56.7. The van der Waals surface area contributed by atoms with Crippen LogP contribution in [0.15, 0.2) is 60.7 Å². The molecule has 12 rings (SSSR count). The Morgan fingerprint density at radius 1 is 0.714 bits per heavy atom. The number of esters is 1. The fourth-order valence-corrected chi connectivity index (χ4v) is 15.9. The molecule has 1 spiro atoms. The van der Waals surface area contributed by atoms with Crippen LogP contribution in [-0.2, 0) is 113 Å². The first-order chi connectivity index (χ1) is 47.0. The average molecular weight is 1370 g/mol. The van der Waals surface area contributed by atoms with Crippen molar-refractivity contribution in [2.75, 3.05) is 40.1 Å². The molecule has 26 nitrogen and oxygen atoms in total. The molecule has 0 aromatic heterocycles. The van der Waals surface area contributed by atoms with Gasteiger partial charge < -0.3 is 78.3 Å². The number of imide groups is 1. The standard InChI is InChI=1S/C72H98N4O22/c1-38-27-47-12-14-54-39(2)28-49(91-54)19-21-72-36-59-67(97-72)68-69(96-59)70(98-72)66-55(95-68)15-13-48(93-66)31-46(78)32-50-57(35-56(92-47)41(38)4)94-58(65(50)87-6)33-45(77)11-18-64(85)90-37-44-9-7-43(8-10-44)30-53(80)51(34-60(73)81)75-71(86)40(3)29-52(79)42(5)74-61(82)20-23-88-25-26-89-24-22-76-62(83)16-17-63(76)84/h7-10,16-17,38,40,42,45,47-51,54-59,65-70,77H,2,4,11-15,18-37H2,1,3,5-6H3,(H2,73,81)(H,74,82)(H,75,86)/t38-,40-,42+,45-,47+,48?,49+,50+,51+,54?,55+,56?,57+,58-,59?,65-,66+,67?,68+,69-,70+,72+/m1/s1. The van der Waals surface area contributed by atoms with Gasteiger partial charge in [-0.2, -0.15) is 0 Å². The molecule has 22 atom stereocenters. The molecule has 5 unspecified atom stereocenters. The van der Waals surface area contributed by atoms with Gasteiger partial charge in [-0.15, -0.1) is 0 Å². The third-order valence-electron chi connectivity index (χ3n) is 21.3. The van der Waals surface area contributed by atoms with Crippen molar-refractivity contribution in [2.24, 2.45) is 23.5 Å². The summed E-state index contributed by atoms with van der Waals surface area (Å²) in [5, 5.41) is 16.7. The molecule has 10 fully saturated rings. The minimum absolute atomic E-state index is 0.00159. The number of nitrogens with one attached hydrogen (secondary N) is 2. The second-order valence-corrected chi connectivity index (χ2v) is 28.6. The van der Waals surface area contributed by atoms with Crippen LogP contribution in [0.4, 0.5) is 0 Å². The van der Waals surface area contributed by atoms with E-state index in [1.54, 1.807) is 31.4 Å². The third kappa shape index (κ3) is 18.0. The lowest BCUT2D eigenvalue weighted by Gasteiger charge is -2.47. The van der Waals surface area contributed by atoms with Crippen molar-refractivity contribution in [1.29, 1.82) is 0 Å².